The van der Waals surface area contributed by atoms with Crippen LogP contribution >= 0.6 is 11.3 Å². The molecule has 188 valence electrons. The molecule has 1 aliphatic heterocycles. The van der Waals surface area contributed by atoms with Crippen LogP contribution in [-0.2, 0) is 40.6 Å². The van der Waals surface area contributed by atoms with Crippen molar-refractivity contribution in [2.24, 2.45) is 5.92 Å². The second kappa shape index (κ2) is 11.5. The summed E-state index contributed by atoms with van der Waals surface area (Å²) < 4.78 is 16.0. The van der Waals surface area contributed by atoms with Crippen LogP contribution in [0.2, 0.25) is 0 Å². The molecule has 3 rings (SSSR count). The van der Waals surface area contributed by atoms with Crippen LogP contribution in [0.4, 0.5) is 0 Å². The summed E-state index contributed by atoms with van der Waals surface area (Å²) in [5.74, 6) is -2.92. The highest BCUT2D eigenvalue weighted by molar-refractivity contribution is 7.09. The predicted molar refractivity (Wildman–Crippen MR) is 132 cm³/mol. The molecule has 3 atom stereocenters. The summed E-state index contributed by atoms with van der Waals surface area (Å²) in [7, 11) is 0. The predicted octanol–water partition coefficient (Wildman–Crippen LogP) is 3.87. The van der Waals surface area contributed by atoms with Gasteiger partial charge < -0.3 is 19.5 Å². The Kier molecular flexibility index (Phi) is 8.67. The van der Waals surface area contributed by atoms with Crippen LogP contribution in [0.3, 0.4) is 0 Å². The van der Waals surface area contributed by atoms with Crippen LogP contribution in [-0.4, -0.2) is 42.7 Å². The van der Waals surface area contributed by atoms with Crippen molar-refractivity contribution < 1.29 is 28.6 Å². The van der Waals surface area contributed by atoms with Gasteiger partial charge in [0, 0.05) is 11.1 Å². The molecule has 0 fully saturated rings. The number of rotatable bonds is 9. The molecular formula is C26H32N2O6S. The Morgan fingerprint density at radius 3 is 2.31 bits per heavy atom. The fourth-order valence-electron chi connectivity index (χ4n) is 4.57. The molecule has 0 saturated heterocycles. The van der Waals surface area contributed by atoms with Crippen molar-refractivity contribution in [1.82, 2.24) is 10.3 Å². The molecule has 0 spiro atoms. The Hall–Kier alpha value is -3.20. The number of allylic oxidation sites excluding steroid dienone is 1. The number of hydrogen-bond donors (Lipinski definition) is 1. The van der Waals surface area contributed by atoms with Crippen LogP contribution in [0, 0.1) is 5.92 Å². The lowest BCUT2D eigenvalue weighted by molar-refractivity contribution is -0.153. The highest BCUT2D eigenvalue weighted by Gasteiger charge is 2.54. The monoisotopic (exact) mass is 500 g/mol. The Morgan fingerprint density at radius 2 is 1.69 bits per heavy atom. The zero-order valence-corrected chi connectivity index (χ0v) is 21.6. The Bertz CT molecular complexity index is 1100. The van der Waals surface area contributed by atoms with Crippen molar-refractivity contribution in [3.8, 4) is 0 Å². The van der Waals surface area contributed by atoms with Gasteiger partial charge in [0.15, 0.2) is 0 Å². The van der Waals surface area contributed by atoms with E-state index in [0.717, 1.165) is 5.56 Å². The maximum absolute atomic E-state index is 13.5. The first-order valence-electron chi connectivity index (χ1n) is 11.7. The molecule has 8 nitrogen and oxygen atoms in total. The molecule has 3 unspecified atom stereocenters. The third-order valence-electron chi connectivity index (χ3n) is 5.99. The number of carbonyl (C=O) groups excluding carboxylic acids is 3. The quantitative estimate of drug-likeness (QED) is 0.409. The van der Waals surface area contributed by atoms with Crippen LogP contribution in [0.1, 0.15) is 56.8 Å². The summed E-state index contributed by atoms with van der Waals surface area (Å²) in [6.45, 7) is 9.61. The molecule has 1 aliphatic rings. The van der Waals surface area contributed by atoms with Gasteiger partial charge in [-0.1, -0.05) is 30.3 Å². The van der Waals surface area contributed by atoms with Crippen LogP contribution < -0.4 is 5.32 Å². The molecule has 0 aliphatic carbocycles. The van der Waals surface area contributed by atoms with Gasteiger partial charge >= 0.3 is 17.9 Å². The van der Waals surface area contributed by atoms with E-state index in [2.05, 4.69) is 10.3 Å². The normalized spacial score (nSPS) is 21.7. The maximum atomic E-state index is 13.5. The van der Waals surface area contributed by atoms with Crippen LogP contribution in [0.5, 0.6) is 0 Å². The van der Waals surface area contributed by atoms with Crippen molar-refractivity contribution >= 4 is 29.2 Å². The molecule has 0 amide bonds. The van der Waals surface area contributed by atoms with E-state index in [9.17, 15) is 14.4 Å². The third kappa shape index (κ3) is 5.56. The van der Waals surface area contributed by atoms with E-state index in [1.807, 2.05) is 37.3 Å². The van der Waals surface area contributed by atoms with E-state index in [0.29, 0.717) is 22.0 Å². The van der Waals surface area contributed by atoms with Gasteiger partial charge in [-0.05, 0) is 40.2 Å². The average Bonchev–Trinajstić information content (AvgIpc) is 3.27. The number of benzene rings is 1. The highest BCUT2D eigenvalue weighted by atomic mass is 32.1. The molecule has 1 aromatic carbocycles. The number of hydrogen-bond acceptors (Lipinski definition) is 9. The molecule has 0 radical (unpaired) electrons. The second-order valence-electron chi connectivity index (χ2n) is 8.32. The van der Waals surface area contributed by atoms with E-state index in [1.165, 1.54) is 11.3 Å². The number of nitrogens with one attached hydrogen (secondary N) is 1. The van der Waals surface area contributed by atoms with Gasteiger partial charge in [-0.15, -0.1) is 11.3 Å². The summed E-state index contributed by atoms with van der Waals surface area (Å²) in [6.07, 6.45) is 0.00672. The van der Waals surface area contributed by atoms with Gasteiger partial charge in [-0.3, -0.25) is 9.59 Å². The van der Waals surface area contributed by atoms with Gasteiger partial charge in [-0.25, -0.2) is 9.78 Å². The Morgan fingerprint density at radius 1 is 1.03 bits per heavy atom. The SMILES string of the molecule is CCOC(=O)Cc1csc(C2C(C(=O)OCC)=C(C)NC(C)(c3ccccc3)C2C(=O)OCC)n1. The van der Waals surface area contributed by atoms with Gasteiger partial charge in [0.05, 0.1) is 54.9 Å². The van der Waals surface area contributed by atoms with Gasteiger partial charge in [0.1, 0.15) is 5.01 Å². The van der Waals surface area contributed by atoms with Crippen molar-refractivity contribution in [2.45, 2.75) is 52.5 Å². The molecule has 1 aromatic heterocycles. The van der Waals surface area contributed by atoms with E-state index >= 15 is 0 Å². The number of ether oxygens (including phenoxy) is 3. The van der Waals surface area contributed by atoms with Crippen molar-refractivity contribution in [3.63, 3.8) is 0 Å². The second-order valence-corrected chi connectivity index (χ2v) is 9.21. The number of aromatic nitrogens is 1. The third-order valence-corrected chi connectivity index (χ3v) is 6.97. The first kappa shape index (κ1) is 26.4. The Balaban J connectivity index is 2.19. The highest BCUT2D eigenvalue weighted by Crippen LogP contribution is 2.49. The van der Waals surface area contributed by atoms with E-state index in [1.54, 1.807) is 33.1 Å². The summed E-state index contributed by atoms with van der Waals surface area (Å²) >= 11 is 1.30. The maximum Gasteiger partial charge on any atom is 0.336 e. The molecule has 0 bridgehead atoms. The lowest BCUT2D eigenvalue weighted by atomic mass is 9.67. The standard InChI is InChI=1S/C26H32N2O6S/c1-6-32-19(29)14-18-15-35-23(27-18)21-20(24(30)33-7-2)16(4)28-26(5,17-12-10-9-11-13-17)22(21)25(31)34-8-3/h9-13,15,21-22,28H,6-8,14H2,1-5H3. The lowest BCUT2D eigenvalue weighted by Crippen LogP contribution is -2.55. The minimum absolute atomic E-state index is 0.00672. The molecule has 2 heterocycles. The van der Waals surface area contributed by atoms with Crippen LogP contribution in [0.25, 0.3) is 0 Å². The molecule has 0 saturated carbocycles. The van der Waals surface area contributed by atoms with Gasteiger partial charge in [0.25, 0.3) is 0 Å². The van der Waals surface area contributed by atoms with Crippen molar-refractivity contribution in [2.75, 3.05) is 19.8 Å². The fraction of sp³-hybridized carbons (Fsp3) is 0.462. The summed E-state index contributed by atoms with van der Waals surface area (Å²) in [5, 5.41) is 5.72. The van der Waals surface area contributed by atoms with Gasteiger partial charge in [0.2, 0.25) is 0 Å². The number of esters is 3. The minimum atomic E-state index is -0.898. The molecule has 9 heteroatoms. The molecular weight excluding hydrogens is 468 g/mol. The molecule has 1 N–H and O–H groups in total. The first-order valence-corrected chi connectivity index (χ1v) is 12.6. The van der Waals surface area contributed by atoms with E-state index < -0.39 is 29.3 Å². The molecule has 35 heavy (non-hydrogen) atoms. The van der Waals surface area contributed by atoms with Gasteiger partial charge in [-0.2, -0.15) is 0 Å². The first-order chi connectivity index (χ1) is 16.8. The largest absolute Gasteiger partial charge is 0.466 e. The van der Waals surface area contributed by atoms with Crippen LogP contribution in [0.15, 0.2) is 47.0 Å². The summed E-state index contributed by atoms with van der Waals surface area (Å²) in [6, 6.07) is 9.59. The smallest absolute Gasteiger partial charge is 0.336 e. The number of thiazole rings is 1. The van der Waals surface area contributed by atoms with E-state index in [4.69, 9.17) is 14.2 Å². The van der Waals surface area contributed by atoms with Crippen molar-refractivity contribution in [1.29, 1.82) is 0 Å². The fourth-order valence-corrected chi connectivity index (χ4v) is 5.53. The Labute approximate surface area is 209 Å². The summed E-state index contributed by atoms with van der Waals surface area (Å²) in [4.78, 5) is 43.4. The minimum Gasteiger partial charge on any atom is -0.466 e. The lowest BCUT2D eigenvalue weighted by Gasteiger charge is -2.46. The number of carbonyl (C=O) groups is 3. The van der Waals surface area contributed by atoms with E-state index in [-0.39, 0.29) is 32.2 Å². The van der Waals surface area contributed by atoms with Crippen molar-refractivity contribution in [3.05, 3.63) is 63.2 Å². The molecule has 2 aromatic rings. The number of nitrogens with zero attached hydrogens (tertiary/aromatic N) is 1. The zero-order valence-electron chi connectivity index (χ0n) is 20.8. The topological polar surface area (TPSA) is 104 Å². The zero-order chi connectivity index (χ0) is 25.6. The average molecular weight is 501 g/mol. The summed E-state index contributed by atoms with van der Waals surface area (Å²) in [5.41, 5.74) is 1.42.